The zero-order valence-electron chi connectivity index (χ0n) is 19.8. The Morgan fingerprint density at radius 1 is 1.37 bits per heavy atom. The van der Waals surface area contributed by atoms with Crippen LogP contribution in [0.25, 0.3) is 12.2 Å². The van der Waals surface area contributed by atoms with Crippen LogP contribution in [0.5, 0.6) is 0 Å². The summed E-state index contributed by atoms with van der Waals surface area (Å²) in [6.07, 6.45) is 22.6. The van der Waals surface area contributed by atoms with Gasteiger partial charge in [0, 0.05) is 41.9 Å². The molecule has 0 saturated heterocycles. The predicted octanol–water partition coefficient (Wildman–Crippen LogP) is 6.84. The number of carbonyl (C=O) groups excluding carboxylic acids is 1. The van der Waals surface area contributed by atoms with Crippen molar-refractivity contribution >= 4 is 41.2 Å². The van der Waals surface area contributed by atoms with E-state index in [1.54, 1.807) is 17.2 Å². The van der Waals surface area contributed by atoms with Gasteiger partial charge in [-0.3, -0.25) is 9.69 Å². The van der Waals surface area contributed by atoms with Gasteiger partial charge in [-0.25, -0.2) is 9.97 Å². The maximum atomic E-state index is 12.6. The van der Waals surface area contributed by atoms with E-state index >= 15 is 0 Å². The van der Waals surface area contributed by atoms with Gasteiger partial charge in [0.05, 0.1) is 17.1 Å². The van der Waals surface area contributed by atoms with Gasteiger partial charge in [0.1, 0.15) is 5.82 Å². The molecule has 0 fully saturated rings. The molecule has 0 radical (unpaired) electrons. The van der Waals surface area contributed by atoms with Crippen LogP contribution in [-0.4, -0.2) is 20.9 Å². The number of aromatic amines is 1. The lowest BCUT2D eigenvalue weighted by Crippen LogP contribution is -2.28. The van der Waals surface area contributed by atoms with E-state index in [4.69, 9.17) is 16.6 Å². The zero-order chi connectivity index (χ0) is 24.8. The maximum Gasteiger partial charge on any atom is 0.229 e. The Hall–Kier alpha value is -3.90. The fourth-order valence-electron chi connectivity index (χ4n) is 3.96. The van der Waals surface area contributed by atoms with Gasteiger partial charge in [-0.2, -0.15) is 0 Å². The van der Waals surface area contributed by atoms with E-state index in [9.17, 15) is 4.79 Å². The van der Waals surface area contributed by atoms with Crippen LogP contribution >= 0.6 is 11.6 Å². The molecule has 0 spiro atoms. The highest BCUT2D eigenvalue weighted by Gasteiger charge is 2.21. The topological polar surface area (TPSA) is 73.9 Å². The zero-order valence-corrected chi connectivity index (χ0v) is 20.6. The molecular formula is C28H28ClN5O. The van der Waals surface area contributed by atoms with Crippen LogP contribution in [0, 0.1) is 0 Å². The summed E-state index contributed by atoms with van der Waals surface area (Å²) in [7, 11) is 0. The van der Waals surface area contributed by atoms with Crippen molar-refractivity contribution in [2.24, 2.45) is 0 Å². The molecule has 7 heteroatoms. The smallest absolute Gasteiger partial charge is 0.229 e. The first-order valence-corrected chi connectivity index (χ1v) is 11.9. The quantitative estimate of drug-likeness (QED) is 0.421. The van der Waals surface area contributed by atoms with Gasteiger partial charge in [0.2, 0.25) is 5.91 Å². The standard InChI is InChI=1S/C28H28ClN5O/c1-4-6-10-23(5-2)34(19(3)35)28-25(12-8-17-30-28)31-22-15-13-20(14-16-22)27-32-24-11-7-9-21(29)18-26(24)33-27/h4-8,10-13,15-18,20,31H,2,9,14H2,1,3H3,(H,32,33)/b6-4+,23-10+. The lowest BCUT2D eigenvalue weighted by Gasteiger charge is -2.24. The van der Waals surface area contributed by atoms with Gasteiger partial charge >= 0.3 is 0 Å². The number of anilines is 2. The van der Waals surface area contributed by atoms with Crippen molar-refractivity contribution < 1.29 is 4.79 Å². The van der Waals surface area contributed by atoms with E-state index in [2.05, 4.69) is 34.0 Å². The van der Waals surface area contributed by atoms with Crippen LogP contribution < -0.4 is 10.2 Å². The number of hydrogen-bond donors (Lipinski definition) is 2. The molecule has 2 aromatic rings. The number of H-pyrrole nitrogens is 1. The Kier molecular flexibility index (Phi) is 7.63. The van der Waals surface area contributed by atoms with Crippen LogP contribution in [0.4, 0.5) is 11.5 Å². The normalized spacial score (nSPS) is 17.5. The molecule has 2 heterocycles. The molecular weight excluding hydrogens is 458 g/mol. The van der Waals surface area contributed by atoms with Crippen molar-refractivity contribution in [3.05, 3.63) is 107 Å². The number of hydrogen-bond acceptors (Lipinski definition) is 4. The number of allylic oxidation sites excluding steroid dienone is 9. The summed E-state index contributed by atoms with van der Waals surface area (Å²) in [5, 5.41) is 4.21. The van der Waals surface area contributed by atoms with Gasteiger partial charge < -0.3 is 10.3 Å². The number of pyridine rings is 1. The first-order chi connectivity index (χ1) is 17.0. The van der Waals surface area contributed by atoms with E-state index in [-0.39, 0.29) is 11.8 Å². The maximum absolute atomic E-state index is 12.6. The molecule has 1 atom stereocenters. The minimum atomic E-state index is -0.156. The molecule has 35 heavy (non-hydrogen) atoms. The largest absolute Gasteiger partial charge is 0.353 e. The number of aromatic nitrogens is 3. The van der Waals surface area contributed by atoms with Gasteiger partial charge in [0.25, 0.3) is 0 Å². The predicted molar refractivity (Wildman–Crippen MR) is 145 cm³/mol. The minimum absolute atomic E-state index is 0.131. The summed E-state index contributed by atoms with van der Waals surface area (Å²) in [6.45, 7) is 7.30. The van der Waals surface area contributed by atoms with Crippen LogP contribution in [0.15, 0.2) is 89.9 Å². The molecule has 2 N–H and O–H groups in total. The highest BCUT2D eigenvalue weighted by Crippen LogP contribution is 2.32. The molecule has 178 valence electrons. The van der Waals surface area contributed by atoms with Crippen molar-refractivity contribution in [2.45, 2.75) is 32.6 Å². The molecule has 2 aromatic heterocycles. The van der Waals surface area contributed by atoms with Crippen LogP contribution in [0.2, 0.25) is 0 Å². The van der Waals surface area contributed by atoms with Crippen molar-refractivity contribution in [1.29, 1.82) is 0 Å². The number of nitrogens with zero attached hydrogens (tertiary/aromatic N) is 3. The van der Waals surface area contributed by atoms with Crippen LogP contribution in [0.3, 0.4) is 0 Å². The number of rotatable bonds is 7. The van der Waals surface area contributed by atoms with E-state index < -0.39 is 0 Å². The van der Waals surface area contributed by atoms with E-state index in [0.717, 1.165) is 46.5 Å². The van der Waals surface area contributed by atoms with E-state index in [0.29, 0.717) is 11.5 Å². The summed E-state index contributed by atoms with van der Waals surface area (Å²) in [6, 6.07) is 3.74. The Bertz CT molecular complexity index is 1310. The Morgan fingerprint density at radius 3 is 2.94 bits per heavy atom. The molecule has 4 rings (SSSR count). The number of nitrogens with one attached hydrogen (secondary N) is 2. The van der Waals surface area contributed by atoms with Crippen molar-refractivity contribution in [2.75, 3.05) is 10.2 Å². The second-order valence-corrected chi connectivity index (χ2v) is 8.64. The number of carbonyl (C=O) groups is 1. The third-order valence-corrected chi connectivity index (χ3v) is 5.90. The van der Waals surface area contributed by atoms with Gasteiger partial charge in [0.15, 0.2) is 5.82 Å². The molecule has 6 nitrogen and oxygen atoms in total. The SMILES string of the molecule is C=C/C(=C\C=C\C)N(C(C)=O)c1ncccc1NC1=CCC(c2nc3c([nH]2)C=C(Cl)CC=C3)C=C1. The van der Waals surface area contributed by atoms with Gasteiger partial charge in [-0.15, -0.1) is 0 Å². The summed E-state index contributed by atoms with van der Waals surface area (Å²) in [4.78, 5) is 26.8. The first kappa shape index (κ1) is 24.2. The number of amides is 1. The molecule has 1 unspecified atom stereocenters. The molecule has 0 aromatic carbocycles. The van der Waals surface area contributed by atoms with Crippen molar-refractivity contribution in [1.82, 2.24) is 15.0 Å². The fraction of sp³-hybridized carbons (Fsp3) is 0.179. The average Bonchev–Trinajstić information content (AvgIpc) is 3.16. The van der Waals surface area contributed by atoms with Crippen LogP contribution in [-0.2, 0) is 4.79 Å². The Morgan fingerprint density at radius 2 is 2.23 bits per heavy atom. The average molecular weight is 486 g/mol. The molecule has 0 bridgehead atoms. The minimum Gasteiger partial charge on any atom is -0.353 e. The second kappa shape index (κ2) is 11.0. The Labute approximate surface area is 210 Å². The number of fused-ring (bicyclic) bond motifs is 1. The monoisotopic (exact) mass is 485 g/mol. The van der Waals surface area contributed by atoms with Crippen LogP contribution in [0.1, 0.15) is 49.8 Å². The lowest BCUT2D eigenvalue weighted by atomic mass is 9.98. The molecule has 0 saturated carbocycles. The third-order valence-electron chi connectivity index (χ3n) is 5.64. The van der Waals surface area contributed by atoms with Crippen molar-refractivity contribution in [3.63, 3.8) is 0 Å². The first-order valence-electron chi connectivity index (χ1n) is 11.5. The molecule has 1 amide bonds. The highest BCUT2D eigenvalue weighted by atomic mass is 35.5. The number of halogens is 1. The molecule has 0 aliphatic heterocycles. The second-order valence-electron chi connectivity index (χ2n) is 8.15. The summed E-state index contributed by atoms with van der Waals surface area (Å²) in [5.74, 6) is 1.39. The van der Waals surface area contributed by atoms with Gasteiger partial charge in [-0.05, 0) is 55.9 Å². The number of imidazole rings is 1. The highest BCUT2D eigenvalue weighted by molar-refractivity contribution is 6.31. The molecule has 2 aliphatic rings. The van der Waals surface area contributed by atoms with E-state index in [1.807, 2.05) is 61.6 Å². The third kappa shape index (κ3) is 5.61. The summed E-state index contributed by atoms with van der Waals surface area (Å²) in [5.41, 5.74) is 4.14. The van der Waals surface area contributed by atoms with Gasteiger partial charge in [-0.1, -0.05) is 48.6 Å². The van der Waals surface area contributed by atoms with E-state index in [1.165, 1.54) is 6.92 Å². The summed E-state index contributed by atoms with van der Waals surface area (Å²) >= 11 is 6.24. The summed E-state index contributed by atoms with van der Waals surface area (Å²) < 4.78 is 0. The Balaban J connectivity index is 1.54. The lowest BCUT2D eigenvalue weighted by molar-refractivity contribution is -0.116. The van der Waals surface area contributed by atoms with Crippen molar-refractivity contribution in [3.8, 4) is 0 Å². The fourth-order valence-corrected chi connectivity index (χ4v) is 4.16. The molecule has 2 aliphatic carbocycles.